The second-order valence-corrected chi connectivity index (χ2v) is 5.22. The van der Waals surface area contributed by atoms with Gasteiger partial charge in [-0.05, 0) is 24.1 Å². The van der Waals surface area contributed by atoms with Gasteiger partial charge in [-0.15, -0.1) is 0 Å². The molecule has 0 bridgehead atoms. The molecule has 0 radical (unpaired) electrons. The van der Waals surface area contributed by atoms with Crippen LogP contribution in [0.2, 0.25) is 0 Å². The average molecular weight is 298 g/mol. The second-order valence-electron chi connectivity index (χ2n) is 5.22. The summed E-state index contributed by atoms with van der Waals surface area (Å²) in [6.45, 7) is 0.326. The van der Waals surface area contributed by atoms with Gasteiger partial charge in [-0.1, -0.05) is 12.1 Å². The van der Waals surface area contributed by atoms with Crippen molar-refractivity contribution in [1.29, 1.82) is 0 Å². The fraction of sp³-hybridized carbons (Fsp3) is 0.357. The maximum Gasteiger partial charge on any atom is 0.431 e. The Kier molecular flexibility index (Phi) is 3.16. The number of carboxylic acids is 1. The van der Waals surface area contributed by atoms with E-state index in [9.17, 15) is 18.0 Å². The van der Waals surface area contributed by atoms with Gasteiger partial charge in [0.2, 0.25) is 0 Å². The maximum absolute atomic E-state index is 12.8. The molecular weight excluding hydrogens is 285 g/mol. The lowest BCUT2D eigenvalue weighted by Gasteiger charge is -2.11. The number of aromatic nitrogens is 1. The molecule has 1 fully saturated rings. The van der Waals surface area contributed by atoms with Gasteiger partial charge < -0.3 is 15.4 Å². The van der Waals surface area contributed by atoms with Crippen molar-refractivity contribution in [3.8, 4) is 0 Å². The first kappa shape index (κ1) is 13.9. The lowest BCUT2D eigenvalue weighted by molar-refractivity contribution is -0.141. The van der Waals surface area contributed by atoms with Gasteiger partial charge in [0.05, 0.1) is 5.92 Å². The lowest BCUT2D eigenvalue weighted by Crippen LogP contribution is -2.17. The second kappa shape index (κ2) is 4.77. The van der Waals surface area contributed by atoms with E-state index in [-0.39, 0.29) is 6.04 Å². The third kappa shape index (κ3) is 2.49. The van der Waals surface area contributed by atoms with Gasteiger partial charge in [-0.25, -0.2) is 0 Å². The number of benzene rings is 1. The summed E-state index contributed by atoms with van der Waals surface area (Å²) in [6.07, 6.45) is -4.05. The highest BCUT2D eigenvalue weighted by Gasteiger charge is 2.34. The fourth-order valence-electron chi connectivity index (χ4n) is 2.80. The maximum atomic E-state index is 12.8. The van der Waals surface area contributed by atoms with Gasteiger partial charge in [0.25, 0.3) is 0 Å². The Balaban J connectivity index is 2.00. The van der Waals surface area contributed by atoms with Crippen molar-refractivity contribution < 1.29 is 23.1 Å². The zero-order valence-corrected chi connectivity index (χ0v) is 10.9. The van der Waals surface area contributed by atoms with Crippen LogP contribution < -0.4 is 5.32 Å². The highest BCUT2D eigenvalue weighted by Crippen LogP contribution is 2.36. The molecule has 1 aliphatic rings. The van der Waals surface area contributed by atoms with Crippen LogP contribution in [-0.2, 0) is 11.0 Å². The van der Waals surface area contributed by atoms with E-state index < -0.39 is 23.8 Å². The topological polar surface area (TPSA) is 65.1 Å². The molecule has 4 nitrogen and oxygen atoms in total. The first-order valence-corrected chi connectivity index (χ1v) is 6.51. The molecule has 0 saturated carbocycles. The van der Waals surface area contributed by atoms with E-state index in [2.05, 4.69) is 10.3 Å². The number of halogens is 3. The molecule has 2 heterocycles. The third-order valence-corrected chi connectivity index (χ3v) is 3.86. The quantitative estimate of drug-likeness (QED) is 0.798. The predicted molar refractivity (Wildman–Crippen MR) is 69.8 cm³/mol. The molecule has 112 valence electrons. The number of hydrogen-bond acceptors (Lipinski definition) is 2. The molecule has 21 heavy (non-hydrogen) atoms. The minimum absolute atomic E-state index is 0.244. The molecule has 7 heteroatoms. The number of carbonyl (C=O) groups is 1. The van der Waals surface area contributed by atoms with E-state index in [1.165, 1.54) is 0 Å². The van der Waals surface area contributed by atoms with Crippen molar-refractivity contribution in [2.75, 3.05) is 6.54 Å². The summed E-state index contributed by atoms with van der Waals surface area (Å²) < 4.78 is 38.3. The molecule has 0 spiro atoms. The van der Waals surface area contributed by atoms with E-state index in [1.807, 2.05) is 0 Å². The minimum Gasteiger partial charge on any atom is -0.481 e. The number of H-pyrrole nitrogens is 1. The molecule has 1 aromatic carbocycles. The number of nitrogens with one attached hydrogen (secondary N) is 2. The van der Waals surface area contributed by atoms with Crippen LogP contribution in [0.25, 0.3) is 10.9 Å². The summed E-state index contributed by atoms with van der Waals surface area (Å²) in [5, 5.41) is 12.6. The fourth-order valence-corrected chi connectivity index (χ4v) is 2.80. The van der Waals surface area contributed by atoms with Crippen molar-refractivity contribution in [3.63, 3.8) is 0 Å². The van der Waals surface area contributed by atoms with Gasteiger partial charge in [0.15, 0.2) is 0 Å². The Morgan fingerprint density at radius 3 is 2.71 bits per heavy atom. The van der Waals surface area contributed by atoms with Gasteiger partial charge in [0.1, 0.15) is 5.69 Å². The number of aromatic amines is 1. The molecule has 2 atom stereocenters. The van der Waals surface area contributed by atoms with E-state index >= 15 is 0 Å². The molecule has 0 aliphatic carbocycles. The van der Waals surface area contributed by atoms with Gasteiger partial charge in [-0.2, -0.15) is 13.2 Å². The first-order valence-electron chi connectivity index (χ1n) is 6.51. The van der Waals surface area contributed by atoms with Crippen LogP contribution in [0.5, 0.6) is 0 Å². The molecule has 1 aliphatic heterocycles. The van der Waals surface area contributed by atoms with E-state index in [0.717, 1.165) is 6.07 Å². The van der Waals surface area contributed by atoms with Gasteiger partial charge in [0, 0.05) is 23.5 Å². The molecule has 3 N–H and O–H groups in total. The van der Waals surface area contributed by atoms with Crippen LogP contribution in [-0.4, -0.2) is 22.6 Å². The summed E-state index contributed by atoms with van der Waals surface area (Å²) in [6, 6.07) is 5.83. The average Bonchev–Trinajstić information content (AvgIpc) is 3.04. The summed E-state index contributed by atoms with van der Waals surface area (Å²) in [7, 11) is 0. The standard InChI is InChI=1S/C14H13F3N2O2/c15-14(16,17)12-5-9-8(2-1-3-10(9)19-12)11-4-7(6-18-11)13(20)21/h1-3,5,7,11,18-19H,4,6H2,(H,20,21). The molecule has 1 saturated heterocycles. The third-order valence-electron chi connectivity index (χ3n) is 3.86. The molecule has 2 aromatic rings. The monoisotopic (exact) mass is 298 g/mol. The molecule has 3 rings (SSSR count). The first-order chi connectivity index (χ1) is 9.86. The smallest absolute Gasteiger partial charge is 0.431 e. The SMILES string of the molecule is O=C(O)C1CNC(c2cccc3[nH]c(C(F)(F)F)cc23)C1. The van der Waals surface area contributed by atoms with Crippen molar-refractivity contribution in [1.82, 2.24) is 10.3 Å². The number of hydrogen-bond donors (Lipinski definition) is 3. The number of aliphatic carboxylic acids is 1. The zero-order valence-electron chi connectivity index (χ0n) is 10.9. The summed E-state index contributed by atoms with van der Waals surface area (Å²) in [4.78, 5) is 13.3. The molecule has 1 aromatic heterocycles. The van der Waals surface area contributed by atoms with Gasteiger partial charge in [-0.3, -0.25) is 4.79 Å². The van der Waals surface area contributed by atoms with Crippen LogP contribution in [0, 0.1) is 5.92 Å². The number of fused-ring (bicyclic) bond motifs is 1. The summed E-state index contributed by atoms with van der Waals surface area (Å²) >= 11 is 0. The number of alkyl halides is 3. The van der Waals surface area contributed by atoms with E-state index in [4.69, 9.17) is 5.11 Å². The Morgan fingerprint density at radius 2 is 2.10 bits per heavy atom. The highest BCUT2D eigenvalue weighted by atomic mass is 19.4. The lowest BCUT2D eigenvalue weighted by atomic mass is 9.97. The van der Waals surface area contributed by atoms with Crippen molar-refractivity contribution in [2.24, 2.45) is 5.92 Å². The summed E-state index contributed by atoms with van der Waals surface area (Å²) in [5.74, 6) is -1.39. The molecule has 2 unspecified atom stereocenters. The van der Waals surface area contributed by atoms with Crippen LogP contribution in [0.3, 0.4) is 0 Å². The van der Waals surface area contributed by atoms with E-state index in [1.54, 1.807) is 18.2 Å². The van der Waals surface area contributed by atoms with E-state index in [0.29, 0.717) is 29.4 Å². The number of rotatable bonds is 2. The van der Waals surface area contributed by atoms with Crippen LogP contribution in [0.15, 0.2) is 24.3 Å². The minimum atomic E-state index is -4.43. The normalized spacial score (nSPS) is 22.8. The highest BCUT2D eigenvalue weighted by molar-refractivity contribution is 5.85. The van der Waals surface area contributed by atoms with Crippen LogP contribution in [0.1, 0.15) is 23.7 Å². The zero-order chi connectivity index (χ0) is 15.2. The van der Waals surface area contributed by atoms with Crippen LogP contribution in [0.4, 0.5) is 13.2 Å². The summed E-state index contributed by atoms with van der Waals surface area (Å²) in [5.41, 5.74) is 0.307. The Labute approximate surface area is 118 Å². The molecule has 0 amide bonds. The largest absolute Gasteiger partial charge is 0.481 e. The molecular formula is C14H13F3N2O2. The van der Waals surface area contributed by atoms with Crippen molar-refractivity contribution in [2.45, 2.75) is 18.6 Å². The van der Waals surface area contributed by atoms with Crippen molar-refractivity contribution >= 4 is 16.9 Å². The Morgan fingerprint density at radius 1 is 1.33 bits per heavy atom. The Hall–Kier alpha value is -2.02. The number of carboxylic acid groups (broad SMARTS) is 1. The van der Waals surface area contributed by atoms with Gasteiger partial charge >= 0.3 is 12.1 Å². The predicted octanol–water partition coefficient (Wildman–Crippen LogP) is 2.92. The Bertz CT molecular complexity index is 693. The van der Waals surface area contributed by atoms with Crippen LogP contribution >= 0.6 is 0 Å². The van der Waals surface area contributed by atoms with Crippen molar-refractivity contribution in [3.05, 3.63) is 35.5 Å².